The Balaban J connectivity index is 1.44. The minimum atomic E-state index is 0.665. The summed E-state index contributed by atoms with van der Waals surface area (Å²) in [5.41, 5.74) is 2.39. The molecule has 0 bridgehead atoms. The van der Waals surface area contributed by atoms with Crippen LogP contribution in [0.2, 0.25) is 0 Å². The number of hydrogen-bond acceptors (Lipinski definition) is 4. The van der Waals surface area contributed by atoms with Gasteiger partial charge in [-0.15, -0.1) is 0 Å². The Kier molecular flexibility index (Phi) is 4.86. The van der Waals surface area contributed by atoms with Gasteiger partial charge in [0.15, 0.2) is 0 Å². The summed E-state index contributed by atoms with van der Waals surface area (Å²) in [6, 6.07) is 13.8. The molecule has 0 amide bonds. The molecular weight excluding hydrogens is 296 g/mol. The molecule has 126 valence electrons. The molecule has 4 heterocycles. The van der Waals surface area contributed by atoms with Gasteiger partial charge in [0.2, 0.25) is 0 Å². The summed E-state index contributed by atoms with van der Waals surface area (Å²) in [5, 5.41) is 0. The van der Waals surface area contributed by atoms with Crippen molar-refractivity contribution in [2.24, 2.45) is 0 Å². The molecule has 2 atom stereocenters. The fraction of sp³-hybridized carbons (Fsp3) is 0.500. The van der Waals surface area contributed by atoms with Gasteiger partial charge in [-0.1, -0.05) is 12.1 Å². The zero-order valence-electron chi connectivity index (χ0n) is 14.2. The first-order valence-electron chi connectivity index (χ1n) is 9.18. The molecule has 4 nitrogen and oxygen atoms in total. The van der Waals surface area contributed by atoms with Crippen molar-refractivity contribution < 1.29 is 0 Å². The maximum absolute atomic E-state index is 4.52. The summed E-state index contributed by atoms with van der Waals surface area (Å²) in [5.74, 6) is 0. The zero-order valence-corrected chi connectivity index (χ0v) is 14.2. The number of nitrogens with zero attached hydrogens (tertiary/aromatic N) is 4. The van der Waals surface area contributed by atoms with Gasteiger partial charge in [-0.25, -0.2) is 0 Å². The highest BCUT2D eigenvalue weighted by molar-refractivity contribution is 5.07. The van der Waals surface area contributed by atoms with Crippen molar-refractivity contribution in [1.29, 1.82) is 0 Å². The number of pyridine rings is 2. The van der Waals surface area contributed by atoms with Crippen molar-refractivity contribution in [2.45, 2.75) is 50.9 Å². The standard InChI is InChI=1S/C20H26N4/c1-3-11-21-17(7-1)15-23-13-5-9-19(23)20-10-6-14-24(20)16-18-8-2-4-12-22-18/h1-4,7-8,11-12,19-20H,5-6,9-10,13-16H2. The summed E-state index contributed by atoms with van der Waals surface area (Å²) in [6.45, 7) is 4.38. The summed E-state index contributed by atoms with van der Waals surface area (Å²) in [4.78, 5) is 14.4. The Morgan fingerprint density at radius 3 is 1.67 bits per heavy atom. The topological polar surface area (TPSA) is 32.3 Å². The second-order valence-corrected chi connectivity index (χ2v) is 7.00. The molecule has 2 unspecified atom stereocenters. The van der Waals surface area contributed by atoms with Crippen molar-refractivity contribution in [3.63, 3.8) is 0 Å². The molecule has 2 aromatic heterocycles. The third-order valence-corrected chi connectivity index (χ3v) is 5.46. The van der Waals surface area contributed by atoms with E-state index in [2.05, 4.69) is 44.0 Å². The highest BCUT2D eigenvalue weighted by atomic mass is 15.3. The second-order valence-electron chi connectivity index (χ2n) is 7.00. The van der Waals surface area contributed by atoms with Gasteiger partial charge in [0, 0.05) is 37.6 Å². The lowest BCUT2D eigenvalue weighted by Crippen LogP contribution is -2.45. The number of rotatable bonds is 5. The third-order valence-electron chi connectivity index (χ3n) is 5.46. The van der Waals surface area contributed by atoms with E-state index in [-0.39, 0.29) is 0 Å². The second kappa shape index (κ2) is 7.41. The predicted octanol–water partition coefficient (Wildman–Crippen LogP) is 3.11. The molecule has 0 aromatic carbocycles. The number of hydrogen-bond donors (Lipinski definition) is 0. The average Bonchev–Trinajstić information content (AvgIpc) is 3.26. The number of likely N-dealkylation sites (tertiary alicyclic amines) is 2. The Morgan fingerprint density at radius 2 is 1.25 bits per heavy atom. The fourth-order valence-corrected chi connectivity index (χ4v) is 4.37. The molecule has 0 saturated carbocycles. The summed E-state index contributed by atoms with van der Waals surface area (Å²) in [6.07, 6.45) is 9.07. The van der Waals surface area contributed by atoms with Crippen LogP contribution in [-0.4, -0.2) is 44.9 Å². The van der Waals surface area contributed by atoms with Crippen LogP contribution in [0.3, 0.4) is 0 Å². The van der Waals surface area contributed by atoms with Gasteiger partial charge in [0.05, 0.1) is 11.4 Å². The molecule has 4 heteroatoms. The highest BCUT2D eigenvalue weighted by Gasteiger charge is 2.37. The molecule has 2 aliphatic rings. The van der Waals surface area contributed by atoms with Crippen molar-refractivity contribution in [3.8, 4) is 0 Å². The third kappa shape index (κ3) is 3.50. The van der Waals surface area contributed by atoms with Gasteiger partial charge < -0.3 is 0 Å². The monoisotopic (exact) mass is 322 g/mol. The summed E-state index contributed by atoms with van der Waals surface area (Å²) < 4.78 is 0. The van der Waals surface area contributed by atoms with Crippen molar-refractivity contribution in [3.05, 3.63) is 60.2 Å². The van der Waals surface area contributed by atoms with Crippen molar-refractivity contribution in [2.75, 3.05) is 13.1 Å². The molecule has 0 N–H and O–H groups in total. The van der Waals surface area contributed by atoms with E-state index in [1.54, 1.807) is 0 Å². The Hall–Kier alpha value is -1.78. The normalized spacial score (nSPS) is 25.3. The van der Waals surface area contributed by atoms with Gasteiger partial charge in [0.25, 0.3) is 0 Å². The molecule has 24 heavy (non-hydrogen) atoms. The smallest absolute Gasteiger partial charge is 0.0544 e. The largest absolute Gasteiger partial charge is 0.293 e. The van der Waals surface area contributed by atoms with E-state index in [1.807, 2.05) is 24.5 Å². The van der Waals surface area contributed by atoms with Gasteiger partial charge >= 0.3 is 0 Å². The molecule has 2 fully saturated rings. The molecule has 2 aliphatic heterocycles. The van der Waals surface area contributed by atoms with Crippen molar-refractivity contribution in [1.82, 2.24) is 19.8 Å². The molecule has 0 spiro atoms. The van der Waals surface area contributed by atoms with Crippen LogP contribution >= 0.6 is 0 Å². The lowest BCUT2D eigenvalue weighted by molar-refractivity contribution is 0.122. The summed E-state index contributed by atoms with van der Waals surface area (Å²) in [7, 11) is 0. The van der Waals surface area contributed by atoms with E-state index in [4.69, 9.17) is 0 Å². The Labute approximate surface area is 144 Å². The highest BCUT2D eigenvalue weighted by Crippen LogP contribution is 2.31. The van der Waals surface area contributed by atoms with Crippen LogP contribution in [0.4, 0.5) is 0 Å². The minimum Gasteiger partial charge on any atom is -0.293 e. The van der Waals surface area contributed by atoms with Gasteiger partial charge in [-0.3, -0.25) is 19.8 Å². The molecule has 0 aliphatic carbocycles. The first-order chi connectivity index (χ1) is 11.9. The van der Waals surface area contributed by atoms with Gasteiger partial charge in [-0.05, 0) is 63.0 Å². The maximum Gasteiger partial charge on any atom is 0.0544 e. The minimum absolute atomic E-state index is 0.665. The SMILES string of the molecule is c1ccc(CN2CCCC2C2CCCN2Cc2ccccn2)nc1. The van der Waals surface area contributed by atoms with E-state index < -0.39 is 0 Å². The summed E-state index contributed by atoms with van der Waals surface area (Å²) >= 11 is 0. The van der Waals surface area contributed by atoms with E-state index in [1.165, 1.54) is 50.2 Å². The van der Waals surface area contributed by atoms with E-state index in [0.717, 1.165) is 13.1 Å². The van der Waals surface area contributed by atoms with Crippen LogP contribution in [0, 0.1) is 0 Å². The molecule has 2 aromatic rings. The van der Waals surface area contributed by atoms with Crippen LogP contribution < -0.4 is 0 Å². The van der Waals surface area contributed by atoms with Crippen LogP contribution in [0.25, 0.3) is 0 Å². The number of aromatic nitrogens is 2. The lowest BCUT2D eigenvalue weighted by atomic mass is 10.0. The van der Waals surface area contributed by atoms with E-state index >= 15 is 0 Å². The van der Waals surface area contributed by atoms with Crippen LogP contribution in [0.5, 0.6) is 0 Å². The molecule has 2 saturated heterocycles. The predicted molar refractivity (Wildman–Crippen MR) is 95.3 cm³/mol. The lowest BCUT2D eigenvalue weighted by Gasteiger charge is -2.34. The van der Waals surface area contributed by atoms with E-state index in [0.29, 0.717) is 12.1 Å². The van der Waals surface area contributed by atoms with Crippen LogP contribution in [-0.2, 0) is 13.1 Å². The molecule has 0 radical (unpaired) electrons. The molecule has 4 rings (SSSR count). The quantitative estimate of drug-likeness (QED) is 0.847. The maximum atomic E-state index is 4.52. The average molecular weight is 322 g/mol. The van der Waals surface area contributed by atoms with Crippen molar-refractivity contribution >= 4 is 0 Å². The fourth-order valence-electron chi connectivity index (χ4n) is 4.37. The Bertz CT molecular complexity index is 573. The van der Waals surface area contributed by atoms with Crippen LogP contribution in [0.15, 0.2) is 48.8 Å². The van der Waals surface area contributed by atoms with E-state index in [9.17, 15) is 0 Å². The first kappa shape index (κ1) is 15.7. The Morgan fingerprint density at radius 1 is 0.750 bits per heavy atom. The molecular formula is C20H26N4. The zero-order chi connectivity index (χ0) is 16.2. The van der Waals surface area contributed by atoms with Crippen LogP contribution in [0.1, 0.15) is 37.1 Å². The van der Waals surface area contributed by atoms with Gasteiger partial charge in [-0.2, -0.15) is 0 Å². The van der Waals surface area contributed by atoms with Gasteiger partial charge in [0.1, 0.15) is 0 Å². The first-order valence-corrected chi connectivity index (χ1v) is 9.18.